The number of carbonyl (C=O) groups excluding carboxylic acids is 1. The number of halogens is 3. The molecule has 0 bridgehead atoms. The second-order valence-electron chi connectivity index (χ2n) is 6.43. The Morgan fingerprint density at radius 2 is 1.78 bits per heavy atom. The van der Waals surface area contributed by atoms with Crippen LogP contribution in [0.4, 0.5) is 18.9 Å². The minimum atomic E-state index is -4.39. The van der Waals surface area contributed by atoms with E-state index in [0.717, 1.165) is 18.4 Å². The maximum Gasteiger partial charge on any atom is 0.416 e. The van der Waals surface area contributed by atoms with E-state index in [-0.39, 0.29) is 11.9 Å². The second-order valence-corrected chi connectivity index (χ2v) is 8.18. The van der Waals surface area contributed by atoms with Gasteiger partial charge in [0, 0.05) is 11.3 Å². The predicted octanol–water partition coefficient (Wildman–Crippen LogP) is 3.49. The molecule has 27 heavy (non-hydrogen) atoms. The van der Waals surface area contributed by atoms with Crippen molar-refractivity contribution in [1.29, 1.82) is 0 Å². The Hall–Kier alpha value is -2.55. The normalized spacial score (nSPS) is 16.7. The van der Waals surface area contributed by atoms with Gasteiger partial charge in [-0.3, -0.25) is 9.52 Å². The van der Waals surface area contributed by atoms with Crippen LogP contribution in [0.1, 0.15) is 39.5 Å². The molecule has 0 saturated carbocycles. The lowest BCUT2D eigenvalue weighted by molar-refractivity contribution is -0.137. The van der Waals surface area contributed by atoms with Gasteiger partial charge in [-0.2, -0.15) is 13.2 Å². The highest BCUT2D eigenvalue weighted by atomic mass is 32.2. The summed E-state index contributed by atoms with van der Waals surface area (Å²) in [5, 5.41) is 2.82. The van der Waals surface area contributed by atoms with Crippen LogP contribution < -0.4 is 10.0 Å². The van der Waals surface area contributed by atoms with E-state index < -0.39 is 21.8 Å². The molecule has 2 aromatic carbocycles. The number of sulfonamides is 1. The van der Waals surface area contributed by atoms with Crippen molar-refractivity contribution in [3.8, 4) is 0 Å². The molecule has 1 aliphatic carbocycles. The maximum atomic E-state index is 12.8. The average Bonchev–Trinajstić information content (AvgIpc) is 2.95. The Kier molecular flexibility index (Phi) is 4.90. The van der Waals surface area contributed by atoms with E-state index in [4.69, 9.17) is 0 Å². The van der Waals surface area contributed by atoms with Crippen molar-refractivity contribution in [2.24, 2.45) is 0 Å². The number of hydrogen-bond acceptors (Lipinski definition) is 3. The van der Waals surface area contributed by atoms with Crippen molar-refractivity contribution < 1.29 is 26.4 Å². The number of carbonyl (C=O) groups is 1. The first kappa shape index (κ1) is 19.2. The van der Waals surface area contributed by atoms with Gasteiger partial charge >= 0.3 is 6.18 Å². The van der Waals surface area contributed by atoms with Gasteiger partial charge in [0.25, 0.3) is 5.91 Å². The molecule has 2 N–H and O–H groups in total. The number of rotatable bonds is 4. The molecule has 1 amide bonds. The average molecular weight is 398 g/mol. The van der Waals surface area contributed by atoms with E-state index in [9.17, 15) is 26.4 Å². The van der Waals surface area contributed by atoms with Crippen LogP contribution in [0.5, 0.6) is 0 Å². The highest BCUT2D eigenvalue weighted by molar-refractivity contribution is 7.92. The van der Waals surface area contributed by atoms with Crippen LogP contribution in [0.3, 0.4) is 0 Å². The maximum absolute atomic E-state index is 12.8. The van der Waals surface area contributed by atoms with E-state index in [2.05, 4.69) is 10.0 Å². The summed E-state index contributed by atoms with van der Waals surface area (Å²) in [7, 11) is -3.41. The number of amides is 1. The number of benzene rings is 2. The highest BCUT2D eigenvalue weighted by Crippen LogP contribution is 2.36. The molecule has 0 aliphatic heterocycles. The number of nitrogens with one attached hydrogen (secondary N) is 2. The molecular weight excluding hydrogens is 381 g/mol. The van der Waals surface area contributed by atoms with Crippen LogP contribution in [0.15, 0.2) is 42.5 Å². The summed E-state index contributed by atoms with van der Waals surface area (Å²) in [5.41, 5.74) is 1.24. The van der Waals surface area contributed by atoms with Crippen LogP contribution in [-0.2, 0) is 22.6 Å². The molecule has 1 atom stereocenters. The van der Waals surface area contributed by atoms with E-state index in [1.165, 1.54) is 30.3 Å². The predicted molar refractivity (Wildman–Crippen MR) is 94.9 cm³/mol. The summed E-state index contributed by atoms with van der Waals surface area (Å²) < 4.78 is 63.1. The van der Waals surface area contributed by atoms with Crippen molar-refractivity contribution in [3.63, 3.8) is 0 Å². The number of hydrogen-bond donors (Lipinski definition) is 2. The molecule has 0 heterocycles. The van der Waals surface area contributed by atoms with E-state index in [1.54, 1.807) is 0 Å². The lowest BCUT2D eigenvalue weighted by atomic mass is 10.0. The van der Waals surface area contributed by atoms with E-state index in [1.807, 2.05) is 0 Å². The van der Waals surface area contributed by atoms with Gasteiger partial charge in [-0.25, -0.2) is 8.42 Å². The van der Waals surface area contributed by atoms with Gasteiger partial charge in [-0.1, -0.05) is 6.07 Å². The van der Waals surface area contributed by atoms with Gasteiger partial charge in [0.2, 0.25) is 10.0 Å². The van der Waals surface area contributed by atoms with Crippen LogP contribution in [0.2, 0.25) is 0 Å². The topological polar surface area (TPSA) is 75.3 Å². The monoisotopic (exact) mass is 398 g/mol. The first-order chi connectivity index (χ1) is 12.5. The first-order valence-electron chi connectivity index (χ1n) is 8.12. The Balaban J connectivity index is 1.71. The third-order valence-corrected chi connectivity index (χ3v) is 4.91. The molecule has 1 aliphatic rings. The molecular formula is C18H17F3N2O3S. The Bertz CT molecular complexity index is 970. The molecule has 0 radical (unpaired) electrons. The lowest BCUT2D eigenvalue weighted by Gasteiger charge is -2.15. The molecule has 0 aromatic heterocycles. The van der Waals surface area contributed by atoms with Crippen molar-refractivity contribution in [3.05, 3.63) is 64.7 Å². The highest BCUT2D eigenvalue weighted by Gasteiger charge is 2.33. The van der Waals surface area contributed by atoms with Crippen LogP contribution in [0, 0.1) is 0 Å². The van der Waals surface area contributed by atoms with Gasteiger partial charge in [-0.05, 0) is 60.4 Å². The Morgan fingerprint density at radius 3 is 2.37 bits per heavy atom. The second kappa shape index (κ2) is 6.88. The zero-order valence-electron chi connectivity index (χ0n) is 14.3. The van der Waals surface area contributed by atoms with Crippen molar-refractivity contribution in [2.45, 2.75) is 25.1 Å². The third kappa shape index (κ3) is 4.60. The van der Waals surface area contributed by atoms with Gasteiger partial charge in [0.15, 0.2) is 0 Å². The van der Waals surface area contributed by atoms with Gasteiger partial charge in [-0.15, -0.1) is 0 Å². The fourth-order valence-electron chi connectivity index (χ4n) is 3.09. The number of fused-ring (bicyclic) bond motifs is 1. The Labute approximate surface area is 154 Å². The SMILES string of the molecule is CS(=O)(=O)Nc1ccc(C(=O)NC2CCc3cc(C(F)(F)F)ccc32)cc1. The number of alkyl halides is 3. The summed E-state index contributed by atoms with van der Waals surface area (Å²) in [5.74, 6) is -0.376. The first-order valence-corrected chi connectivity index (χ1v) is 10.0. The summed E-state index contributed by atoms with van der Waals surface area (Å²) in [4.78, 5) is 12.4. The van der Waals surface area contributed by atoms with Crippen LogP contribution in [0.25, 0.3) is 0 Å². The van der Waals surface area contributed by atoms with Gasteiger partial charge < -0.3 is 5.32 Å². The zero-order chi connectivity index (χ0) is 19.8. The Morgan fingerprint density at radius 1 is 1.11 bits per heavy atom. The molecule has 0 fully saturated rings. The summed E-state index contributed by atoms with van der Waals surface area (Å²) in [6.45, 7) is 0. The quantitative estimate of drug-likeness (QED) is 0.828. The van der Waals surface area contributed by atoms with Crippen molar-refractivity contribution >= 4 is 21.6 Å². The van der Waals surface area contributed by atoms with Gasteiger partial charge in [0.1, 0.15) is 0 Å². The minimum absolute atomic E-state index is 0.328. The molecule has 5 nitrogen and oxygen atoms in total. The molecule has 9 heteroatoms. The van der Waals surface area contributed by atoms with E-state index in [0.29, 0.717) is 35.2 Å². The summed E-state index contributed by atoms with van der Waals surface area (Å²) >= 11 is 0. The smallest absolute Gasteiger partial charge is 0.345 e. The zero-order valence-corrected chi connectivity index (χ0v) is 15.1. The molecule has 2 aromatic rings. The van der Waals surface area contributed by atoms with Crippen LogP contribution >= 0.6 is 0 Å². The molecule has 1 unspecified atom stereocenters. The van der Waals surface area contributed by atoms with Crippen molar-refractivity contribution in [1.82, 2.24) is 5.32 Å². The summed E-state index contributed by atoms with van der Waals surface area (Å²) in [6.07, 6.45) is -2.38. The molecule has 3 rings (SSSR count). The standard InChI is InChI=1S/C18H17F3N2O3S/c1-27(25,26)23-14-6-2-11(3-7-14)17(24)22-16-9-4-12-10-13(18(19,20)21)5-8-15(12)16/h2-3,5-8,10,16,23H,4,9H2,1H3,(H,22,24). The summed E-state index contributed by atoms with van der Waals surface area (Å²) in [6, 6.07) is 9.10. The third-order valence-electron chi connectivity index (χ3n) is 4.30. The molecule has 144 valence electrons. The lowest BCUT2D eigenvalue weighted by Crippen LogP contribution is -2.27. The molecule has 0 spiro atoms. The van der Waals surface area contributed by atoms with Crippen LogP contribution in [-0.4, -0.2) is 20.6 Å². The van der Waals surface area contributed by atoms with Gasteiger partial charge in [0.05, 0.1) is 17.9 Å². The van der Waals surface area contributed by atoms with E-state index >= 15 is 0 Å². The molecule has 0 saturated heterocycles. The largest absolute Gasteiger partial charge is 0.416 e. The van der Waals surface area contributed by atoms with Crippen molar-refractivity contribution in [2.75, 3.05) is 11.0 Å². The minimum Gasteiger partial charge on any atom is -0.345 e. The fourth-order valence-corrected chi connectivity index (χ4v) is 3.65. The fraction of sp³-hybridized carbons (Fsp3) is 0.278. The number of anilines is 1. The number of aryl methyl sites for hydroxylation is 1.